The topological polar surface area (TPSA) is 15.3 Å². The van der Waals surface area contributed by atoms with Crippen molar-refractivity contribution in [3.8, 4) is 0 Å². The van der Waals surface area contributed by atoms with Crippen molar-refractivity contribution in [1.29, 1.82) is 0 Å². The minimum absolute atomic E-state index is 0.204. The molecule has 1 aliphatic rings. The van der Waals surface area contributed by atoms with Crippen molar-refractivity contribution in [1.82, 2.24) is 10.2 Å². The molecule has 0 spiro atoms. The molecule has 0 heterocycles. The first-order chi connectivity index (χ1) is 9.98. The Kier molecular flexibility index (Phi) is 5.60. The highest BCUT2D eigenvalue weighted by atomic mass is 15.2. The molecule has 0 atom stereocenters. The van der Waals surface area contributed by atoms with E-state index >= 15 is 0 Å². The standard InChI is InChI=1S/C19H30N2/c1-5-14-21(18-10-11-18)15-17-8-6-16(7-9-17)12-13-20-19(2,3)4/h5-9,18,20H,1,10-15H2,2-4H3. The molecule has 0 radical (unpaired) electrons. The summed E-state index contributed by atoms with van der Waals surface area (Å²) < 4.78 is 0. The quantitative estimate of drug-likeness (QED) is 0.732. The second-order valence-electron chi connectivity index (χ2n) is 7.19. The minimum Gasteiger partial charge on any atom is -0.312 e. The molecule has 2 heteroatoms. The number of hydrogen-bond donors (Lipinski definition) is 1. The lowest BCUT2D eigenvalue weighted by Gasteiger charge is -2.21. The Morgan fingerprint density at radius 1 is 1.19 bits per heavy atom. The van der Waals surface area contributed by atoms with Crippen molar-refractivity contribution < 1.29 is 0 Å². The third-order valence-corrected chi connectivity index (χ3v) is 3.90. The van der Waals surface area contributed by atoms with Crippen molar-refractivity contribution in [3.05, 3.63) is 48.0 Å². The minimum atomic E-state index is 0.204. The van der Waals surface area contributed by atoms with Gasteiger partial charge >= 0.3 is 0 Å². The van der Waals surface area contributed by atoms with E-state index in [-0.39, 0.29) is 5.54 Å². The lowest BCUT2D eigenvalue weighted by atomic mass is 10.1. The molecule has 0 unspecified atom stereocenters. The third-order valence-electron chi connectivity index (χ3n) is 3.90. The third kappa shape index (κ3) is 6.03. The number of rotatable bonds is 8. The maximum Gasteiger partial charge on any atom is 0.0239 e. The van der Waals surface area contributed by atoms with Crippen LogP contribution in [-0.2, 0) is 13.0 Å². The van der Waals surface area contributed by atoms with Gasteiger partial charge in [0.15, 0.2) is 0 Å². The molecule has 1 aromatic carbocycles. The van der Waals surface area contributed by atoms with E-state index < -0.39 is 0 Å². The Morgan fingerprint density at radius 3 is 2.33 bits per heavy atom. The van der Waals surface area contributed by atoms with Gasteiger partial charge in [-0.2, -0.15) is 0 Å². The fourth-order valence-electron chi connectivity index (χ4n) is 2.58. The van der Waals surface area contributed by atoms with Crippen molar-refractivity contribution in [3.63, 3.8) is 0 Å². The van der Waals surface area contributed by atoms with E-state index in [1.165, 1.54) is 24.0 Å². The van der Waals surface area contributed by atoms with Crippen LogP contribution in [0.15, 0.2) is 36.9 Å². The van der Waals surface area contributed by atoms with Crippen LogP contribution in [0, 0.1) is 0 Å². The van der Waals surface area contributed by atoms with E-state index in [0.717, 1.165) is 32.1 Å². The Labute approximate surface area is 130 Å². The summed E-state index contributed by atoms with van der Waals surface area (Å²) in [5.74, 6) is 0. The predicted octanol–water partition coefficient (Wildman–Crippen LogP) is 3.77. The molecule has 116 valence electrons. The van der Waals surface area contributed by atoms with Crippen molar-refractivity contribution in [2.45, 2.75) is 58.2 Å². The average molecular weight is 286 g/mol. The van der Waals surface area contributed by atoms with Crippen LogP contribution in [0.25, 0.3) is 0 Å². The summed E-state index contributed by atoms with van der Waals surface area (Å²) in [5, 5.41) is 3.54. The predicted molar refractivity (Wildman–Crippen MR) is 91.5 cm³/mol. The van der Waals surface area contributed by atoms with Crippen LogP contribution in [0.3, 0.4) is 0 Å². The largest absolute Gasteiger partial charge is 0.312 e. The molecule has 0 bridgehead atoms. The molecular formula is C19H30N2. The lowest BCUT2D eigenvalue weighted by Crippen LogP contribution is -2.37. The van der Waals surface area contributed by atoms with E-state index in [2.05, 4.69) is 61.8 Å². The molecule has 0 amide bonds. The Bertz CT molecular complexity index is 438. The van der Waals surface area contributed by atoms with Gasteiger partial charge in [-0.15, -0.1) is 6.58 Å². The van der Waals surface area contributed by atoms with Crippen LogP contribution in [0.2, 0.25) is 0 Å². The summed E-state index contributed by atoms with van der Waals surface area (Å²) in [6.45, 7) is 13.6. The lowest BCUT2D eigenvalue weighted by molar-refractivity contribution is 0.284. The monoisotopic (exact) mass is 286 g/mol. The molecule has 2 rings (SSSR count). The molecule has 21 heavy (non-hydrogen) atoms. The van der Waals surface area contributed by atoms with Crippen LogP contribution >= 0.6 is 0 Å². The van der Waals surface area contributed by atoms with E-state index in [4.69, 9.17) is 0 Å². The number of hydrogen-bond acceptors (Lipinski definition) is 2. The van der Waals surface area contributed by atoms with Gasteiger partial charge in [-0.25, -0.2) is 0 Å². The fourth-order valence-corrected chi connectivity index (χ4v) is 2.58. The summed E-state index contributed by atoms with van der Waals surface area (Å²) in [4.78, 5) is 2.53. The normalized spacial score (nSPS) is 15.4. The summed E-state index contributed by atoms with van der Waals surface area (Å²) in [6.07, 6.45) is 5.82. The van der Waals surface area contributed by atoms with Crippen LogP contribution in [0.1, 0.15) is 44.7 Å². The summed E-state index contributed by atoms with van der Waals surface area (Å²) in [6, 6.07) is 9.91. The van der Waals surface area contributed by atoms with E-state index in [1.807, 2.05) is 6.08 Å². The number of nitrogens with zero attached hydrogens (tertiary/aromatic N) is 1. The van der Waals surface area contributed by atoms with Crippen LogP contribution < -0.4 is 5.32 Å². The Hall–Kier alpha value is -1.12. The van der Waals surface area contributed by atoms with Crippen molar-refractivity contribution >= 4 is 0 Å². The first kappa shape index (κ1) is 16.3. The van der Waals surface area contributed by atoms with Crippen LogP contribution in [0.4, 0.5) is 0 Å². The highest BCUT2D eigenvalue weighted by molar-refractivity contribution is 5.23. The van der Waals surface area contributed by atoms with Gasteiger partial charge in [-0.1, -0.05) is 30.3 Å². The first-order valence-corrected chi connectivity index (χ1v) is 8.16. The second kappa shape index (κ2) is 7.24. The molecule has 2 nitrogen and oxygen atoms in total. The molecule has 1 aromatic rings. The van der Waals surface area contributed by atoms with Crippen molar-refractivity contribution in [2.75, 3.05) is 13.1 Å². The van der Waals surface area contributed by atoms with Gasteiger partial charge < -0.3 is 5.32 Å². The number of benzene rings is 1. The molecule has 1 N–H and O–H groups in total. The van der Waals surface area contributed by atoms with Gasteiger partial charge in [0.05, 0.1) is 0 Å². The molecular weight excluding hydrogens is 256 g/mol. The van der Waals surface area contributed by atoms with E-state index in [1.54, 1.807) is 0 Å². The molecule has 0 aromatic heterocycles. The van der Waals surface area contributed by atoms with Gasteiger partial charge in [-0.05, 0) is 57.7 Å². The molecule has 1 fully saturated rings. The molecule has 0 aliphatic heterocycles. The zero-order chi connectivity index (χ0) is 15.3. The van der Waals surface area contributed by atoms with E-state index in [0.29, 0.717) is 0 Å². The van der Waals surface area contributed by atoms with Crippen LogP contribution in [-0.4, -0.2) is 29.6 Å². The zero-order valence-electron chi connectivity index (χ0n) is 13.9. The van der Waals surface area contributed by atoms with Gasteiger partial charge in [0, 0.05) is 24.7 Å². The molecule has 1 saturated carbocycles. The van der Waals surface area contributed by atoms with Crippen molar-refractivity contribution in [2.24, 2.45) is 0 Å². The summed E-state index contributed by atoms with van der Waals surface area (Å²) in [7, 11) is 0. The Balaban J connectivity index is 1.82. The van der Waals surface area contributed by atoms with E-state index in [9.17, 15) is 0 Å². The maximum atomic E-state index is 3.87. The smallest absolute Gasteiger partial charge is 0.0239 e. The van der Waals surface area contributed by atoms with Gasteiger partial charge in [0.2, 0.25) is 0 Å². The number of nitrogens with one attached hydrogen (secondary N) is 1. The van der Waals surface area contributed by atoms with Gasteiger partial charge in [0.25, 0.3) is 0 Å². The SMILES string of the molecule is C=CCN(Cc1ccc(CCNC(C)(C)C)cc1)C1CC1. The Morgan fingerprint density at radius 2 is 1.81 bits per heavy atom. The zero-order valence-corrected chi connectivity index (χ0v) is 13.9. The molecule has 0 saturated heterocycles. The highest BCUT2D eigenvalue weighted by Crippen LogP contribution is 2.28. The van der Waals surface area contributed by atoms with Gasteiger partial charge in [0.1, 0.15) is 0 Å². The first-order valence-electron chi connectivity index (χ1n) is 8.16. The average Bonchev–Trinajstić information content (AvgIpc) is 3.23. The summed E-state index contributed by atoms with van der Waals surface area (Å²) in [5.41, 5.74) is 3.03. The maximum absolute atomic E-state index is 3.87. The molecule has 1 aliphatic carbocycles. The van der Waals surface area contributed by atoms with Crippen LogP contribution in [0.5, 0.6) is 0 Å². The second-order valence-corrected chi connectivity index (χ2v) is 7.19. The fraction of sp³-hybridized carbons (Fsp3) is 0.579. The summed E-state index contributed by atoms with van der Waals surface area (Å²) >= 11 is 0. The van der Waals surface area contributed by atoms with Gasteiger partial charge in [-0.3, -0.25) is 4.90 Å². The highest BCUT2D eigenvalue weighted by Gasteiger charge is 2.27.